The van der Waals surface area contributed by atoms with E-state index in [1.807, 2.05) is 43.0 Å². The molecule has 3 heteroatoms. The van der Waals surface area contributed by atoms with Gasteiger partial charge in [-0.25, -0.2) is 0 Å². The highest BCUT2D eigenvalue weighted by Crippen LogP contribution is 2.13. The number of thioether (sulfide) groups is 1. The normalized spacial score (nSPS) is 10.6. The predicted octanol–water partition coefficient (Wildman–Crippen LogP) is 2.86. The average Bonchev–Trinajstić information content (AvgIpc) is 2.34. The molecule has 2 nitrogen and oxygen atoms in total. The van der Waals surface area contributed by atoms with Crippen molar-refractivity contribution in [3.63, 3.8) is 0 Å². The van der Waals surface area contributed by atoms with Gasteiger partial charge in [-0.05, 0) is 24.6 Å². The number of nitrogens with one attached hydrogen (secondary N) is 1. The molecule has 0 saturated carbocycles. The molecule has 1 aromatic rings. The van der Waals surface area contributed by atoms with Crippen LogP contribution < -0.4 is 5.32 Å². The molecule has 1 rings (SSSR count). The van der Waals surface area contributed by atoms with E-state index >= 15 is 0 Å². The van der Waals surface area contributed by atoms with Crippen molar-refractivity contribution >= 4 is 17.7 Å². The van der Waals surface area contributed by atoms with Gasteiger partial charge in [0, 0.05) is 24.1 Å². The second-order valence-electron chi connectivity index (χ2n) is 3.36. The van der Waals surface area contributed by atoms with Gasteiger partial charge in [0.15, 0.2) is 0 Å². The average molecular weight is 235 g/mol. The van der Waals surface area contributed by atoms with Crippen LogP contribution in [0.1, 0.15) is 22.8 Å². The Bertz CT molecular complexity index is 374. The molecule has 86 valence electrons. The molecule has 0 saturated heterocycles. The van der Waals surface area contributed by atoms with Crippen LogP contribution in [0.5, 0.6) is 0 Å². The van der Waals surface area contributed by atoms with Crippen LogP contribution in [-0.4, -0.2) is 18.7 Å². The van der Waals surface area contributed by atoms with E-state index in [1.165, 1.54) is 5.56 Å². The Kier molecular flexibility index (Phi) is 5.72. The molecule has 0 fully saturated rings. The lowest BCUT2D eigenvalue weighted by atomic mass is 10.1. The number of amides is 1. The summed E-state index contributed by atoms with van der Waals surface area (Å²) in [5.74, 6) is 1.93. The number of hydrogen-bond acceptors (Lipinski definition) is 2. The molecule has 0 unspecified atom stereocenters. The number of carbonyl (C=O) groups is 1. The van der Waals surface area contributed by atoms with Crippen LogP contribution in [0.25, 0.3) is 0 Å². The highest BCUT2D eigenvalue weighted by atomic mass is 32.2. The van der Waals surface area contributed by atoms with Gasteiger partial charge in [-0.2, -0.15) is 11.8 Å². The molecule has 0 heterocycles. The fourth-order valence-electron chi connectivity index (χ4n) is 1.29. The molecular weight excluding hydrogens is 218 g/mol. The first-order valence-electron chi connectivity index (χ1n) is 5.28. The largest absolute Gasteiger partial charge is 0.355 e. The first-order valence-corrected chi connectivity index (χ1v) is 6.43. The summed E-state index contributed by atoms with van der Waals surface area (Å²) in [5.41, 5.74) is 1.92. The van der Waals surface area contributed by atoms with Crippen LogP contribution >= 0.6 is 11.8 Å². The van der Waals surface area contributed by atoms with E-state index in [4.69, 9.17) is 0 Å². The zero-order valence-electron chi connectivity index (χ0n) is 9.69. The monoisotopic (exact) mass is 235 g/mol. The summed E-state index contributed by atoms with van der Waals surface area (Å²) in [4.78, 5) is 11.4. The topological polar surface area (TPSA) is 29.1 Å². The van der Waals surface area contributed by atoms with E-state index in [1.54, 1.807) is 7.05 Å². The minimum Gasteiger partial charge on any atom is -0.355 e. The fourth-order valence-corrected chi connectivity index (χ4v) is 2.15. The van der Waals surface area contributed by atoms with E-state index in [2.05, 4.69) is 17.5 Å². The Hall–Kier alpha value is -1.22. The molecule has 0 spiro atoms. The van der Waals surface area contributed by atoms with Crippen molar-refractivity contribution in [2.24, 2.45) is 0 Å². The van der Waals surface area contributed by atoms with Gasteiger partial charge in [0.2, 0.25) is 0 Å². The number of allylic oxidation sites excluding steroid dienone is 1. The molecule has 0 atom stereocenters. The summed E-state index contributed by atoms with van der Waals surface area (Å²) in [6.45, 7) is 2.02. The second-order valence-corrected chi connectivity index (χ2v) is 4.39. The molecule has 16 heavy (non-hydrogen) atoms. The van der Waals surface area contributed by atoms with Crippen molar-refractivity contribution < 1.29 is 4.79 Å². The summed E-state index contributed by atoms with van der Waals surface area (Å²) < 4.78 is 0. The molecule has 0 aliphatic heterocycles. The summed E-state index contributed by atoms with van der Waals surface area (Å²) in [7, 11) is 1.65. The minimum absolute atomic E-state index is 0.0275. The van der Waals surface area contributed by atoms with Crippen LogP contribution in [-0.2, 0) is 5.75 Å². The Morgan fingerprint density at radius 1 is 1.50 bits per heavy atom. The lowest BCUT2D eigenvalue weighted by molar-refractivity contribution is 0.0963. The van der Waals surface area contributed by atoms with Gasteiger partial charge in [-0.15, -0.1) is 0 Å². The van der Waals surface area contributed by atoms with Crippen LogP contribution in [0.2, 0.25) is 0 Å². The maximum absolute atomic E-state index is 11.4. The van der Waals surface area contributed by atoms with Crippen molar-refractivity contribution in [1.29, 1.82) is 0 Å². The number of benzene rings is 1. The maximum atomic E-state index is 11.4. The third kappa shape index (κ3) is 4.11. The zero-order chi connectivity index (χ0) is 11.8. The van der Waals surface area contributed by atoms with Crippen LogP contribution in [0, 0.1) is 0 Å². The molecular formula is C13H17NOS. The molecule has 1 aromatic carbocycles. The summed E-state index contributed by atoms with van der Waals surface area (Å²) >= 11 is 1.84. The highest BCUT2D eigenvalue weighted by Gasteiger charge is 2.02. The highest BCUT2D eigenvalue weighted by molar-refractivity contribution is 7.98. The van der Waals surface area contributed by atoms with Gasteiger partial charge in [0.25, 0.3) is 5.91 Å². The molecule has 0 aliphatic rings. The summed E-state index contributed by atoms with van der Waals surface area (Å²) in [5, 5.41) is 2.63. The van der Waals surface area contributed by atoms with Crippen molar-refractivity contribution in [2.75, 3.05) is 12.8 Å². The standard InChI is InChI=1S/C13H17NOS/c1-3-4-8-16-10-11-6-5-7-12(9-11)13(15)14-2/h3-7,9H,8,10H2,1-2H3,(H,14,15)/b4-3+. The molecule has 0 radical (unpaired) electrons. The lowest BCUT2D eigenvalue weighted by Gasteiger charge is -2.03. The second kappa shape index (κ2) is 7.12. The third-order valence-electron chi connectivity index (χ3n) is 2.13. The molecule has 0 aromatic heterocycles. The Balaban J connectivity index is 2.57. The third-order valence-corrected chi connectivity index (χ3v) is 3.10. The molecule has 0 aliphatic carbocycles. The summed E-state index contributed by atoms with van der Waals surface area (Å²) in [6, 6.07) is 7.76. The first kappa shape index (κ1) is 12.8. The van der Waals surface area contributed by atoms with Gasteiger partial charge in [0.1, 0.15) is 0 Å². The molecule has 0 bridgehead atoms. The zero-order valence-corrected chi connectivity index (χ0v) is 10.5. The van der Waals surface area contributed by atoms with Gasteiger partial charge < -0.3 is 5.32 Å². The van der Waals surface area contributed by atoms with Gasteiger partial charge in [-0.1, -0.05) is 24.3 Å². The smallest absolute Gasteiger partial charge is 0.251 e. The van der Waals surface area contributed by atoms with Crippen molar-refractivity contribution in [3.05, 3.63) is 47.5 Å². The maximum Gasteiger partial charge on any atom is 0.251 e. The molecule has 1 N–H and O–H groups in total. The molecule has 1 amide bonds. The van der Waals surface area contributed by atoms with E-state index < -0.39 is 0 Å². The van der Waals surface area contributed by atoms with E-state index in [-0.39, 0.29) is 5.91 Å². The van der Waals surface area contributed by atoms with Crippen LogP contribution in [0.4, 0.5) is 0 Å². The van der Waals surface area contributed by atoms with E-state index in [0.717, 1.165) is 17.1 Å². The number of rotatable bonds is 5. The quantitative estimate of drug-likeness (QED) is 0.628. The number of carbonyl (C=O) groups excluding carboxylic acids is 1. The van der Waals surface area contributed by atoms with E-state index in [9.17, 15) is 4.79 Å². The first-order chi connectivity index (χ1) is 7.77. The lowest BCUT2D eigenvalue weighted by Crippen LogP contribution is -2.17. The van der Waals surface area contributed by atoms with Crippen molar-refractivity contribution in [1.82, 2.24) is 5.32 Å². The van der Waals surface area contributed by atoms with Crippen molar-refractivity contribution in [3.8, 4) is 0 Å². The Labute approximate surface area is 101 Å². The van der Waals surface area contributed by atoms with Gasteiger partial charge in [-0.3, -0.25) is 4.79 Å². The van der Waals surface area contributed by atoms with Crippen molar-refractivity contribution in [2.45, 2.75) is 12.7 Å². The van der Waals surface area contributed by atoms with Crippen LogP contribution in [0.3, 0.4) is 0 Å². The van der Waals surface area contributed by atoms with Gasteiger partial charge >= 0.3 is 0 Å². The minimum atomic E-state index is -0.0275. The predicted molar refractivity (Wildman–Crippen MR) is 70.8 cm³/mol. The fraction of sp³-hybridized carbons (Fsp3) is 0.308. The van der Waals surface area contributed by atoms with Gasteiger partial charge in [0.05, 0.1) is 0 Å². The Morgan fingerprint density at radius 2 is 2.31 bits per heavy atom. The Morgan fingerprint density at radius 3 is 3.00 bits per heavy atom. The number of hydrogen-bond donors (Lipinski definition) is 1. The van der Waals surface area contributed by atoms with E-state index in [0.29, 0.717) is 0 Å². The summed E-state index contributed by atoms with van der Waals surface area (Å²) in [6.07, 6.45) is 4.18. The van der Waals surface area contributed by atoms with Crippen LogP contribution in [0.15, 0.2) is 36.4 Å². The SMILES string of the molecule is C/C=C/CSCc1cccc(C(=O)NC)c1.